The number of alkyl halides is 3. The van der Waals surface area contributed by atoms with Crippen LogP contribution < -0.4 is 5.32 Å². The summed E-state index contributed by atoms with van der Waals surface area (Å²) in [4.78, 5) is 15.6. The Morgan fingerprint density at radius 2 is 2.29 bits per heavy atom. The molecule has 1 amide bonds. The lowest BCUT2D eigenvalue weighted by atomic mass is 10.3. The molecule has 0 fully saturated rings. The maximum atomic E-state index is 12.1. The van der Waals surface area contributed by atoms with Crippen LogP contribution in [0.3, 0.4) is 0 Å². The zero-order valence-corrected chi connectivity index (χ0v) is 11.4. The Hall–Kier alpha value is -1.87. The third-order valence-electron chi connectivity index (χ3n) is 2.50. The predicted octanol–water partition coefficient (Wildman–Crippen LogP) is 1.98. The fourth-order valence-electron chi connectivity index (χ4n) is 1.45. The summed E-state index contributed by atoms with van der Waals surface area (Å²) in [5, 5.41) is 13.0. The summed E-state index contributed by atoms with van der Waals surface area (Å²) in [6, 6.07) is 3.41. The van der Waals surface area contributed by atoms with E-state index in [1.54, 1.807) is 17.5 Å². The second-order valence-corrected chi connectivity index (χ2v) is 5.02. The van der Waals surface area contributed by atoms with Gasteiger partial charge in [-0.3, -0.25) is 4.79 Å². The molecule has 0 aliphatic rings. The number of aromatic nitrogens is 1. The molecule has 0 spiro atoms. The van der Waals surface area contributed by atoms with Gasteiger partial charge in [0.05, 0.1) is 24.9 Å². The molecule has 0 radical (unpaired) electrons. The first-order chi connectivity index (χ1) is 9.86. The number of carbonyl (C=O) groups is 1. The Morgan fingerprint density at radius 3 is 2.90 bits per heavy atom. The van der Waals surface area contributed by atoms with Gasteiger partial charge in [0, 0.05) is 5.38 Å². The molecule has 0 aromatic carbocycles. The Balaban J connectivity index is 1.86. The van der Waals surface area contributed by atoms with E-state index in [1.807, 2.05) is 5.32 Å². The van der Waals surface area contributed by atoms with Crippen molar-refractivity contribution in [1.29, 1.82) is 0 Å². The van der Waals surface area contributed by atoms with E-state index in [9.17, 15) is 18.0 Å². The summed E-state index contributed by atoms with van der Waals surface area (Å²) in [5.41, 5.74) is 0.422. The smallest absolute Gasteiger partial charge is 0.416 e. The first-order valence-electron chi connectivity index (χ1n) is 5.86. The molecule has 0 saturated heterocycles. The number of hydrogen-bond donors (Lipinski definition) is 2. The summed E-state index contributed by atoms with van der Waals surface area (Å²) in [6.07, 6.45) is -6.00. The Morgan fingerprint density at radius 1 is 1.52 bits per heavy atom. The molecule has 9 heteroatoms. The van der Waals surface area contributed by atoms with Gasteiger partial charge in [0.1, 0.15) is 0 Å². The van der Waals surface area contributed by atoms with Crippen LogP contribution >= 0.6 is 11.3 Å². The van der Waals surface area contributed by atoms with Gasteiger partial charge in [-0.25, -0.2) is 4.98 Å². The van der Waals surface area contributed by atoms with E-state index in [4.69, 9.17) is 9.52 Å². The lowest BCUT2D eigenvalue weighted by molar-refractivity contribution is -0.201. The summed E-state index contributed by atoms with van der Waals surface area (Å²) in [6.45, 7) is -0.877. The number of nitrogens with one attached hydrogen (secondary N) is 1. The van der Waals surface area contributed by atoms with Crippen molar-refractivity contribution in [2.24, 2.45) is 0 Å². The average Bonchev–Trinajstić information content (AvgIpc) is 3.04. The van der Waals surface area contributed by atoms with Crippen LogP contribution in [0.15, 0.2) is 28.2 Å². The van der Waals surface area contributed by atoms with Gasteiger partial charge in [-0.05, 0) is 12.1 Å². The Bertz CT molecular complexity index is 595. The number of thiazole rings is 1. The molecule has 114 valence electrons. The van der Waals surface area contributed by atoms with Gasteiger partial charge >= 0.3 is 6.18 Å². The second kappa shape index (κ2) is 6.27. The van der Waals surface area contributed by atoms with Crippen molar-refractivity contribution in [3.63, 3.8) is 0 Å². The molecular formula is C12H11F3N2O3S. The van der Waals surface area contributed by atoms with Crippen LogP contribution in [0.1, 0.15) is 5.69 Å². The van der Waals surface area contributed by atoms with Crippen LogP contribution in [-0.2, 0) is 11.2 Å². The molecule has 0 bridgehead atoms. The van der Waals surface area contributed by atoms with Crippen LogP contribution in [0.25, 0.3) is 10.8 Å². The summed E-state index contributed by atoms with van der Waals surface area (Å²) >= 11 is 1.26. The van der Waals surface area contributed by atoms with Crippen molar-refractivity contribution in [2.45, 2.75) is 18.7 Å². The van der Waals surface area contributed by atoms with Gasteiger partial charge in [-0.15, -0.1) is 11.3 Å². The highest BCUT2D eigenvalue weighted by molar-refractivity contribution is 7.13. The zero-order valence-electron chi connectivity index (χ0n) is 10.6. The molecular weight excluding hydrogens is 309 g/mol. The molecule has 0 aliphatic heterocycles. The van der Waals surface area contributed by atoms with Gasteiger partial charge in [0.2, 0.25) is 5.91 Å². The molecule has 21 heavy (non-hydrogen) atoms. The van der Waals surface area contributed by atoms with E-state index in [-0.39, 0.29) is 6.42 Å². The fraction of sp³-hybridized carbons (Fsp3) is 0.333. The molecule has 0 aliphatic carbocycles. The van der Waals surface area contributed by atoms with Crippen molar-refractivity contribution in [1.82, 2.24) is 10.3 Å². The number of nitrogens with zero attached hydrogens (tertiary/aromatic N) is 1. The number of carbonyl (C=O) groups excluding carboxylic acids is 1. The number of aliphatic hydroxyl groups is 1. The molecule has 2 aromatic heterocycles. The maximum Gasteiger partial charge on any atom is 0.416 e. The molecule has 1 atom stereocenters. The van der Waals surface area contributed by atoms with Crippen LogP contribution in [0, 0.1) is 0 Å². The lowest BCUT2D eigenvalue weighted by Crippen LogP contribution is -2.41. The van der Waals surface area contributed by atoms with Crippen molar-refractivity contribution in [3.05, 3.63) is 29.5 Å². The molecule has 5 nitrogen and oxygen atoms in total. The van der Waals surface area contributed by atoms with E-state index in [0.717, 1.165) is 0 Å². The minimum atomic E-state index is -4.75. The number of hydrogen-bond acceptors (Lipinski definition) is 5. The number of furan rings is 1. The average molecular weight is 320 g/mol. The minimum absolute atomic E-state index is 0.165. The highest BCUT2D eigenvalue weighted by atomic mass is 32.1. The highest BCUT2D eigenvalue weighted by Gasteiger charge is 2.38. The monoisotopic (exact) mass is 320 g/mol. The lowest BCUT2D eigenvalue weighted by Gasteiger charge is -2.14. The first-order valence-corrected chi connectivity index (χ1v) is 6.74. The predicted molar refractivity (Wildman–Crippen MR) is 68.6 cm³/mol. The number of amides is 1. The summed E-state index contributed by atoms with van der Waals surface area (Å²) in [5.74, 6) is -0.0891. The number of halogens is 3. The molecule has 2 rings (SSSR count). The van der Waals surface area contributed by atoms with Gasteiger partial charge in [0.25, 0.3) is 0 Å². The van der Waals surface area contributed by atoms with Crippen LogP contribution in [0.4, 0.5) is 13.2 Å². The van der Waals surface area contributed by atoms with E-state index in [2.05, 4.69) is 4.98 Å². The third-order valence-corrected chi connectivity index (χ3v) is 3.40. The molecule has 0 saturated carbocycles. The summed E-state index contributed by atoms with van der Waals surface area (Å²) < 4.78 is 41.3. The largest absolute Gasteiger partial charge is 0.462 e. The summed E-state index contributed by atoms with van der Waals surface area (Å²) in [7, 11) is 0. The van der Waals surface area contributed by atoms with Crippen molar-refractivity contribution in [3.8, 4) is 10.8 Å². The van der Waals surface area contributed by atoms with E-state index < -0.39 is 24.7 Å². The number of aliphatic hydroxyl groups excluding tert-OH is 1. The fourth-order valence-corrected chi connectivity index (χ4v) is 2.24. The van der Waals surface area contributed by atoms with Crippen molar-refractivity contribution >= 4 is 17.2 Å². The van der Waals surface area contributed by atoms with Crippen LogP contribution in [0.5, 0.6) is 0 Å². The minimum Gasteiger partial charge on any atom is -0.462 e. The Kier molecular flexibility index (Phi) is 4.63. The molecule has 2 heterocycles. The van der Waals surface area contributed by atoms with Gasteiger partial charge in [0.15, 0.2) is 16.9 Å². The highest BCUT2D eigenvalue weighted by Crippen LogP contribution is 2.24. The van der Waals surface area contributed by atoms with Crippen molar-refractivity contribution in [2.75, 3.05) is 6.54 Å². The quantitative estimate of drug-likeness (QED) is 0.883. The molecule has 2 aromatic rings. The van der Waals surface area contributed by atoms with Gasteiger partial charge in [-0.1, -0.05) is 0 Å². The normalized spacial score (nSPS) is 13.1. The van der Waals surface area contributed by atoms with E-state index in [1.165, 1.54) is 17.6 Å². The Labute approximate surface area is 121 Å². The second-order valence-electron chi connectivity index (χ2n) is 4.16. The molecule has 1 unspecified atom stereocenters. The standard InChI is InChI=1S/C12H11F3N2O3S/c13-12(14,15)9(18)5-16-10(19)4-7-6-21-11(17-7)8-2-1-3-20-8/h1-3,6,9,18H,4-5H2,(H,16,19). The maximum absolute atomic E-state index is 12.1. The molecule has 2 N–H and O–H groups in total. The van der Waals surface area contributed by atoms with Gasteiger partial charge in [-0.2, -0.15) is 13.2 Å². The van der Waals surface area contributed by atoms with E-state index in [0.29, 0.717) is 16.5 Å². The SMILES string of the molecule is O=C(Cc1csc(-c2ccco2)n1)NCC(O)C(F)(F)F. The van der Waals surface area contributed by atoms with Crippen LogP contribution in [-0.4, -0.2) is 34.8 Å². The van der Waals surface area contributed by atoms with Crippen LogP contribution in [0.2, 0.25) is 0 Å². The zero-order chi connectivity index (χ0) is 15.5. The van der Waals surface area contributed by atoms with E-state index >= 15 is 0 Å². The topological polar surface area (TPSA) is 75.4 Å². The van der Waals surface area contributed by atoms with Crippen molar-refractivity contribution < 1.29 is 27.5 Å². The van der Waals surface area contributed by atoms with Gasteiger partial charge < -0.3 is 14.8 Å². The third kappa shape index (κ3) is 4.30. The number of rotatable bonds is 5. The first kappa shape index (κ1) is 15.5.